The highest BCUT2D eigenvalue weighted by molar-refractivity contribution is 5.52. The predicted molar refractivity (Wildman–Crippen MR) is 133 cm³/mol. The average molecular weight is 443 g/mol. The topological polar surface area (TPSA) is 58.9 Å². The molecule has 32 heavy (non-hydrogen) atoms. The van der Waals surface area contributed by atoms with Crippen LogP contribution in [0.2, 0.25) is 0 Å². The lowest BCUT2D eigenvalue weighted by molar-refractivity contribution is 0.298. The summed E-state index contributed by atoms with van der Waals surface area (Å²) in [6.45, 7) is 13.2. The highest BCUT2D eigenvalue weighted by Crippen LogP contribution is 2.33. The van der Waals surface area contributed by atoms with E-state index in [2.05, 4.69) is 0 Å². The first-order valence-corrected chi connectivity index (χ1v) is 12.1. The Kier molecular flexibility index (Phi) is 10.2. The summed E-state index contributed by atoms with van der Waals surface area (Å²) in [7, 11) is 0. The number of phenols is 2. The molecule has 2 aromatic carbocycles. The molecule has 0 unspecified atom stereocenters. The maximum atomic E-state index is 9.99. The number of aryl methyl sites for hydroxylation is 2. The summed E-state index contributed by atoms with van der Waals surface area (Å²) in [5.74, 6) is 2.55. The van der Waals surface area contributed by atoms with Crippen LogP contribution in [0, 0.1) is 41.5 Å². The van der Waals surface area contributed by atoms with Crippen molar-refractivity contribution in [2.24, 2.45) is 0 Å². The van der Waals surface area contributed by atoms with Gasteiger partial charge >= 0.3 is 0 Å². The third kappa shape index (κ3) is 7.08. The van der Waals surface area contributed by atoms with Gasteiger partial charge < -0.3 is 19.7 Å². The second kappa shape index (κ2) is 12.6. The van der Waals surface area contributed by atoms with E-state index in [1.165, 1.54) is 38.5 Å². The minimum atomic E-state index is 0.377. The largest absolute Gasteiger partial charge is 0.507 e. The molecule has 178 valence electrons. The zero-order chi connectivity index (χ0) is 23.7. The molecule has 0 amide bonds. The Bertz CT molecular complexity index is 812. The zero-order valence-electron chi connectivity index (χ0n) is 20.9. The zero-order valence-corrected chi connectivity index (χ0v) is 20.9. The summed E-state index contributed by atoms with van der Waals surface area (Å²) in [5.41, 5.74) is 5.63. The van der Waals surface area contributed by atoms with Crippen LogP contribution in [0.15, 0.2) is 12.1 Å². The lowest BCUT2D eigenvalue weighted by atomic mass is 10.0. The van der Waals surface area contributed by atoms with Crippen LogP contribution in [-0.4, -0.2) is 23.4 Å². The fourth-order valence-corrected chi connectivity index (χ4v) is 3.99. The van der Waals surface area contributed by atoms with Gasteiger partial charge in [0.25, 0.3) is 0 Å². The van der Waals surface area contributed by atoms with Crippen LogP contribution in [0.3, 0.4) is 0 Å². The molecular formula is C28H42O4. The Labute approximate surface area is 194 Å². The summed E-state index contributed by atoms with van der Waals surface area (Å²) < 4.78 is 11.9. The number of benzene rings is 2. The van der Waals surface area contributed by atoms with Gasteiger partial charge in [-0.1, -0.05) is 38.5 Å². The van der Waals surface area contributed by atoms with Crippen molar-refractivity contribution in [2.75, 3.05) is 13.2 Å². The van der Waals surface area contributed by atoms with E-state index in [1.807, 2.05) is 53.7 Å². The smallest absolute Gasteiger partial charge is 0.122 e. The number of phenolic OH excluding ortho intramolecular Hbond substituents is 2. The number of unbranched alkanes of at least 4 members (excludes halogenated alkanes) is 7. The minimum Gasteiger partial charge on any atom is -0.507 e. The van der Waals surface area contributed by atoms with E-state index < -0.39 is 0 Å². The van der Waals surface area contributed by atoms with Gasteiger partial charge in [0, 0.05) is 0 Å². The van der Waals surface area contributed by atoms with Gasteiger partial charge in [-0.05, 0) is 99.9 Å². The maximum Gasteiger partial charge on any atom is 0.122 e. The van der Waals surface area contributed by atoms with Gasteiger partial charge in [-0.3, -0.25) is 0 Å². The Balaban J connectivity index is 1.51. The number of ether oxygens (including phenoxy) is 2. The van der Waals surface area contributed by atoms with Crippen molar-refractivity contribution in [3.8, 4) is 23.0 Å². The van der Waals surface area contributed by atoms with Crippen molar-refractivity contribution >= 4 is 0 Å². The average Bonchev–Trinajstić information content (AvgIpc) is 2.78. The molecule has 0 saturated carbocycles. The summed E-state index contributed by atoms with van der Waals surface area (Å²) in [6, 6.07) is 3.87. The second-order valence-electron chi connectivity index (χ2n) is 9.11. The molecule has 4 heteroatoms. The maximum absolute atomic E-state index is 9.99. The molecular weight excluding hydrogens is 400 g/mol. The van der Waals surface area contributed by atoms with Crippen molar-refractivity contribution in [3.63, 3.8) is 0 Å². The summed E-state index contributed by atoms with van der Waals surface area (Å²) >= 11 is 0. The van der Waals surface area contributed by atoms with E-state index in [9.17, 15) is 10.2 Å². The van der Waals surface area contributed by atoms with E-state index in [-0.39, 0.29) is 0 Å². The van der Waals surface area contributed by atoms with Gasteiger partial charge in [-0.15, -0.1) is 0 Å². The molecule has 0 bridgehead atoms. The van der Waals surface area contributed by atoms with Crippen molar-refractivity contribution in [1.29, 1.82) is 0 Å². The number of rotatable bonds is 13. The molecule has 0 spiro atoms. The van der Waals surface area contributed by atoms with Crippen molar-refractivity contribution in [1.82, 2.24) is 0 Å². The number of hydrogen-bond donors (Lipinski definition) is 2. The van der Waals surface area contributed by atoms with Crippen molar-refractivity contribution in [3.05, 3.63) is 45.5 Å². The van der Waals surface area contributed by atoms with E-state index in [4.69, 9.17) is 9.47 Å². The van der Waals surface area contributed by atoms with Gasteiger partial charge in [0.15, 0.2) is 0 Å². The van der Waals surface area contributed by atoms with Gasteiger partial charge in [0.2, 0.25) is 0 Å². The van der Waals surface area contributed by atoms with E-state index in [0.29, 0.717) is 11.5 Å². The Hall–Kier alpha value is -2.36. The lowest BCUT2D eigenvalue weighted by Crippen LogP contribution is -2.01. The minimum absolute atomic E-state index is 0.377. The quantitative estimate of drug-likeness (QED) is 0.315. The Morgan fingerprint density at radius 1 is 0.500 bits per heavy atom. The molecule has 2 N–H and O–H groups in total. The fraction of sp³-hybridized carbons (Fsp3) is 0.571. The molecule has 0 aliphatic heterocycles. The number of aromatic hydroxyl groups is 2. The Morgan fingerprint density at radius 3 is 1.16 bits per heavy atom. The van der Waals surface area contributed by atoms with Crippen LogP contribution in [0.1, 0.15) is 84.7 Å². The Morgan fingerprint density at radius 2 is 0.812 bits per heavy atom. The monoisotopic (exact) mass is 442 g/mol. The van der Waals surface area contributed by atoms with Crippen molar-refractivity contribution < 1.29 is 19.7 Å². The van der Waals surface area contributed by atoms with Crippen LogP contribution in [0.5, 0.6) is 23.0 Å². The van der Waals surface area contributed by atoms with Crippen LogP contribution < -0.4 is 9.47 Å². The van der Waals surface area contributed by atoms with Crippen LogP contribution in [-0.2, 0) is 0 Å². The fourth-order valence-electron chi connectivity index (χ4n) is 3.99. The van der Waals surface area contributed by atoms with Crippen LogP contribution in [0.25, 0.3) is 0 Å². The molecule has 0 saturated heterocycles. The molecule has 2 rings (SSSR count). The molecule has 0 heterocycles. The van der Waals surface area contributed by atoms with Crippen LogP contribution in [0.4, 0.5) is 0 Å². The first-order valence-electron chi connectivity index (χ1n) is 12.1. The van der Waals surface area contributed by atoms with E-state index in [0.717, 1.165) is 70.9 Å². The first kappa shape index (κ1) is 25.9. The van der Waals surface area contributed by atoms with Crippen molar-refractivity contribution in [2.45, 2.75) is 92.9 Å². The van der Waals surface area contributed by atoms with E-state index >= 15 is 0 Å². The second-order valence-corrected chi connectivity index (χ2v) is 9.11. The first-order chi connectivity index (χ1) is 15.2. The standard InChI is InChI=1S/C28H42O4/c1-19-17-25(21(3)23(5)27(19)29)31-15-13-11-9-7-8-10-12-14-16-32-26-18-20(2)28(30)24(6)22(26)4/h17-18,29-30H,7-16H2,1-6H3. The summed E-state index contributed by atoms with van der Waals surface area (Å²) in [4.78, 5) is 0. The third-order valence-corrected chi connectivity index (χ3v) is 6.57. The van der Waals surface area contributed by atoms with Crippen LogP contribution >= 0.6 is 0 Å². The van der Waals surface area contributed by atoms with Gasteiger partial charge in [0.1, 0.15) is 23.0 Å². The lowest BCUT2D eigenvalue weighted by Gasteiger charge is -2.14. The van der Waals surface area contributed by atoms with Gasteiger partial charge in [-0.25, -0.2) is 0 Å². The molecule has 0 fully saturated rings. The molecule has 4 nitrogen and oxygen atoms in total. The van der Waals surface area contributed by atoms with E-state index in [1.54, 1.807) is 0 Å². The number of hydrogen-bond acceptors (Lipinski definition) is 4. The molecule has 0 aliphatic carbocycles. The SMILES string of the molecule is Cc1cc(OCCCCCCCCCCOc2cc(C)c(O)c(C)c2C)c(C)c(C)c1O. The van der Waals surface area contributed by atoms with Gasteiger partial charge in [-0.2, -0.15) is 0 Å². The predicted octanol–water partition coefficient (Wildman–Crippen LogP) is 7.53. The summed E-state index contributed by atoms with van der Waals surface area (Å²) in [5, 5.41) is 20.0. The normalized spacial score (nSPS) is 11.1. The highest BCUT2D eigenvalue weighted by atomic mass is 16.5. The third-order valence-electron chi connectivity index (χ3n) is 6.57. The molecule has 0 aliphatic rings. The highest BCUT2D eigenvalue weighted by Gasteiger charge is 2.11. The molecule has 2 aromatic rings. The summed E-state index contributed by atoms with van der Waals surface area (Å²) in [6.07, 6.45) is 9.55. The van der Waals surface area contributed by atoms with Gasteiger partial charge in [0.05, 0.1) is 13.2 Å². The molecule has 0 aromatic heterocycles. The molecule has 0 atom stereocenters. The molecule has 0 radical (unpaired) electrons.